The first-order valence-corrected chi connectivity index (χ1v) is 6.80. The van der Waals surface area contributed by atoms with Gasteiger partial charge in [0.2, 0.25) is 0 Å². The maximum Gasteiger partial charge on any atom is 0.257 e. The Morgan fingerprint density at radius 1 is 1.32 bits per heavy atom. The number of aryl methyl sites for hydroxylation is 2. The fraction of sp³-hybridized carbons (Fsp3) is 0.214. The van der Waals surface area contributed by atoms with Crippen molar-refractivity contribution in [1.29, 1.82) is 0 Å². The van der Waals surface area contributed by atoms with Crippen LogP contribution in [0.25, 0.3) is 0 Å². The standard InChI is InChI=1S/C14H14BrN3O/c1-3-12-10(8-9(2)17-18-12)14(19)16-13-7-5-4-6-11(13)15/h4-8H,3H2,1-2H3,(H,16,19). The van der Waals surface area contributed by atoms with Gasteiger partial charge in [-0.25, -0.2) is 0 Å². The van der Waals surface area contributed by atoms with E-state index in [0.29, 0.717) is 17.7 Å². The number of aromatic nitrogens is 2. The van der Waals surface area contributed by atoms with Crippen LogP contribution in [0.5, 0.6) is 0 Å². The van der Waals surface area contributed by atoms with Crippen LogP contribution in [-0.2, 0) is 6.42 Å². The van der Waals surface area contributed by atoms with Crippen LogP contribution in [0.4, 0.5) is 5.69 Å². The van der Waals surface area contributed by atoms with E-state index in [-0.39, 0.29) is 5.91 Å². The molecule has 0 bridgehead atoms. The zero-order chi connectivity index (χ0) is 13.8. The average Bonchev–Trinajstić information content (AvgIpc) is 2.41. The van der Waals surface area contributed by atoms with Gasteiger partial charge in [0.15, 0.2) is 0 Å². The molecular formula is C14H14BrN3O. The Kier molecular flexibility index (Phi) is 4.27. The predicted molar refractivity (Wildman–Crippen MR) is 78.2 cm³/mol. The maximum atomic E-state index is 12.3. The highest BCUT2D eigenvalue weighted by atomic mass is 79.9. The molecule has 0 aliphatic rings. The lowest BCUT2D eigenvalue weighted by Gasteiger charge is -2.09. The van der Waals surface area contributed by atoms with Crippen molar-refractivity contribution in [2.24, 2.45) is 0 Å². The molecule has 0 radical (unpaired) electrons. The number of hydrogen-bond donors (Lipinski definition) is 1. The number of benzene rings is 1. The number of amides is 1. The van der Waals surface area contributed by atoms with Crippen molar-refractivity contribution >= 4 is 27.5 Å². The largest absolute Gasteiger partial charge is 0.321 e. The van der Waals surface area contributed by atoms with Gasteiger partial charge in [0.1, 0.15) is 0 Å². The molecule has 1 aromatic carbocycles. The molecule has 2 aromatic rings. The summed E-state index contributed by atoms with van der Waals surface area (Å²) >= 11 is 3.40. The van der Waals surface area contributed by atoms with Crippen molar-refractivity contribution in [3.8, 4) is 0 Å². The lowest BCUT2D eigenvalue weighted by molar-refractivity contribution is 0.102. The number of nitrogens with one attached hydrogen (secondary N) is 1. The zero-order valence-electron chi connectivity index (χ0n) is 10.8. The van der Waals surface area contributed by atoms with Crippen molar-refractivity contribution in [3.63, 3.8) is 0 Å². The monoisotopic (exact) mass is 319 g/mol. The second kappa shape index (κ2) is 5.93. The summed E-state index contributed by atoms with van der Waals surface area (Å²) in [7, 11) is 0. The van der Waals surface area contributed by atoms with Gasteiger partial charge in [-0.15, -0.1) is 0 Å². The quantitative estimate of drug-likeness (QED) is 0.943. The van der Waals surface area contributed by atoms with Crippen LogP contribution in [0.1, 0.15) is 28.7 Å². The highest BCUT2D eigenvalue weighted by molar-refractivity contribution is 9.10. The van der Waals surface area contributed by atoms with Gasteiger partial charge in [-0.3, -0.25) is 4.79 Å². The highest BCUT2D eigenvalue weighted by Gasteiger charge is 2.13. The van der Waals surface area contributed by atoms with Crippen molar-refractivity contribution in [2.45, 2.75) is 20.3 Å². The molecule has 0 atom stereocenters. The normalized spacial score (nSPS) is 10.3. The van der Waals surface area contributed by atoms with Crippen molar-refractivity contribution in [1.82, 2.24) is 10.2 Å². The molecule has 1 aromatic heterocycles. The second-order valence-electron chi connectivity index (χ2n) is 4.13. The van der Waals surface area contributed by atoms with Crippen molar-refractivity contribution in [2.75, 3.05) is 5.32 Å². The van der Waals surface area contributed by atoms with E-state index >= 15 is 0 Å². The van der Waals surface area contributed by atoms with Gasteiger partial charge in [0.25, 0.3) is 5.91 Å². The predicted octanol–water partition coefficient (Wildman–Crippen LogP) is 3.36. The van der Waals surface area contributed by atoms with Crippen molar-refractivity contribution in [3.05, 3.63) is 51.8 Å². The Bertz CT molecular complexity index is 613. The van der Waals surface area contributed by atoms with Gasteiger partial charge in [-0.1, -0.05) is 19.1 Å². The fourth-order valence-corrected chi connectivity index (χ4v) is 2.11. The van der Waals surface area contributed by atoms with Gasteiger partial charge < -0.3 is 5.32 Å². The minimum Gasteiger partial charge on any atom is -0.321 e. The van der Waals surface area contributed by atoms with Gasteiger partial charge in [0.05, 0.1) is 22.6 Å². The number of anilines is 1. The van der Waals surface area contributed by atoms with Crippen LogP contribution < -0.4 is 5.32 Å². The Balaban J connectivity index is 2.30. The van der Waals surface area contributed by atoms with E-state index in [2.05, 4.69) is 31.4 Å². The molecule has 5 heteroatoms. The topological polar surface area (TPSA) is 54.9 Å². The summed E-state index contributed by atoms with van der Waals surface area (Å²) in [6.07, 6.45) is 0.673. The van der Waals surface area contributed by atoms with Gasteiger partial charge in [-0.05, 0) is 47.5 Å². The summed E-state index contributed by atoms with van der Waals surface area (Å²) in [6, 6.07) is 9.26. The summed E-state index contributed by atoms with van der Waals surface area (Å²) < 4.78 is 0.847. The zero-order valence-corrected chi connectivity index (χ0v) is 12.4. The molecule has 0 aliphatic heterocycles. The molecule has 0 spiro atoms. The van der Waals surface area contributed by atoms with Gasteiger partial charge in [0, 0.05) is 4.47 Å². The second-order valence-corrected chi connectivity index (χ2v) is 4.99. The molecule has 0 aliphatic carbocycles. The fourth-order valence-electron chi connectivity index (χ4n) is 1.72. The van der Waals surface area contributed by atoms with E-state index in [0.717, 1.165) is 15.9 Å². The van der Waals surface area contributed by atoms with E-state index in [9.17, 15) is 4.79 Å². The van der Waals surface area contributed by atoms with Crippen LogP contribution in [0, 0.1) is 6.92 Å². The Labute approximate surface area is 120 Å². The summed E-state index contributed by atoms with van der Waals surface area (Å²) in [4.78, 5) is 12.3. The summed E-state index contributed by atoms with van der Waals surface area (Å²) in [5.74, 6) is -0.165. The van der Waals surface area contributed by atoms with Crippen LogP contribution in [0.3, 0.4) is 0 Å². The Morgan fingerprint density at radius 3 is 2.74 bits per heavy atom. The SMILES string of the molecule is CCc1nnc(C)cc1C(=O)Nc1ccccc1Br. The summed E-state index contributed by atoms with van der Waals surface area (Å²) in [5.41, 5.74) is 2.75. The Hall–Kier alpha value is -1.75. The number of rotatable bonds is 3. The molecule has 2 rings (SSSR count). The van der Waals surface area contributed by atoms with E-state index in [1.807, 2.05) is 38.1 Å². The van der Waals surface area contributed by atoms with E-state index in [1.54, 1.807) is 6.07 Å². The molecule has 1 heterocycles. The molecule has 19 heavy (non-hydrogen) atoms. The average molecular weight is 320 g/mol. The molecule has 0 saturated heterocycles. The molecule has 0 unspecified atom stereocenters. The third kappa shape index (κ3) is 3.17. The first kappa shape index (κ1) is 13.7. The lowest BCUT2D eigenvalue weighted by atomic mass is 10.1. The number of halogens is 1. The summed E-state index contributed by atoms with van der Waals surface area (Å²) in [6.45, 7) is 3.77. The minimum absolute atomic E-state index is 0.165. The van der Waals surface area contributed by atoms with Crippen LogP contribution >= 0.6 is 15.9 Å². The van der Waals surface area contributed by atoms with Gasteiger partial charge in [-0.2, -0.15) is 10.2 Å². The number of carbonyl (C=O) groups excluding carboxylic acids is 1. The molecule has 0 fully saturated rings. The minimum atomic E-state index is -0.165. The molecule has 1 N–H and O–H groups in total. The number of nitrogens with zero attached hydrogens (tertiary/aromatic N) is 2. The number of carbonyl (C=O) groups is 1. The lowest BCUT2D eigenvalue weighted by Crippen LogP contribution is -2.16. The molecule has 4 nitrogen and oxygen atoms in total. The van der Waals surface area contributed by atoms with Crippen LogP contribution in [0.2, 0.25) is 0 Å². The highest BCUT2D eigenvalue weighted by Crippen LogP contribution is 2.22. The Morgan fingerprint density at radius 2 is 2.05 bits per heavy atom. The third-order valence-corrected chi connectivity index (χ3v) is 3.39. The molecule has 98 valence electrons. The first-order chi connectivity index (χ1) is 9.11. The van der Waals surface area contributed by atoms with Crippen molar-refractivity contribution < 1.29 is 4.79 Å². The van der Waals surface area contributed by atoms with Gasteiger partial charge >= 0.3 is 0 Å². The van der Waals surface area contributed by atoms with Crippen LogP contribution in [-0.4, -0.2) is 16.1 Å². The third-order valence-electron chi connectivity index (χ3n) is 2.69. The molecular weight excluding hydrogens is 306 g/mol. The van der Waals surface area contributed by atoms with Crippen LogP contribution in [0.15, 0.2) is 34.8 Å². The smallest absolute Gasteiger partial charge is 0.257 e. The number of hydrogen-bond acceptors (Lipinski definition) is 3. The van der Waals surface area contributed by atoms with E-state index in [4.69, 9.17) is 0 Å². The number of para-hydroxylation sites is 1. The molecule has 1 amide bonds. The van der Waals surface area contributed by atoms with E-state index < -0.39 is 0 Å². The van der Waals surface area contributed by atoms with E-state index in [1.165, 1.54) is 0 Å². The summed E-state index contributed by atoms with van der Waals surface area (Å²) in [5, 5.41) is 10.9. The molecule has 0 saturated carbocycles. The first-order valence-electron chi connectivity index (χ1n) is 6.01. The maximum absolute atomic E-state index is 12.3.